The topological polar surface area (TPSA) is 89.3 Å². The molecule has 1 rings (SSSR count). The maximum atomic E-state index is 13.4. The lowest BCUT2D eigenvalue weighted by molar-refractivity contribution is -0.115. The monoisotopic (exact) mass is 320 g/mol. The second kappa shape index (κ2) is 7.49. The largest absolute Gasteiger partial charge is 0.399 e. The van der Waals surface area contributed by atoms with Crippen molar-refractivity contribution in [1.82, 2.24) is 0 Å². The average molecular weight is 320 g/mol. The minimum atomic E-state index is -2.97. The number of rotatable bonds is 7. The number of hydrogen-bond donors (Lipinski definition) is 2. The van der Waals surface area contributed by atoms with Crippen molar-refractivity contribution in [3.63, 3.8) is 0 Å². The number of hydrogen-bond acceptors (Lipinski definition) is 5. The summed E-state index contributed by atoms with van der Waals surface area (Å²) in [5.74, 6) is 0.131. The van der Waals surface area contributed by atoms with Crippen LogP contribution in [0.25, 0.3) is 0 Å². The molecule has 20 heavy (non-hydrogen) atoms. The predicted octanol–water partition coefficient (Wildman–Crippen LogP) is 1.51. The van der Waals surface area contributed by atoms with E-state index in [1.54, 1.807) is 0 Å². The Kier molecular flexibility index (Phi) is 6.28. The molecule has 0 aromatic heterocycles. The van der Waals surface area contributed by atoms with E-state index >= 15 is 0 Å². The number of sulfone groups is 1. The highest BCUT2D eigenvalue weighted by atomic mass is 32.2. The molecule has 0 unspecified atom stereocenters. The molecule has 1 aromatic rings. The number of carbonyl (C=O) groups excluding carboxylic acids is 1. The highest BCUT2D eigenvalue weighted by Gasteiger charge is 2.08. The van der Waals surface area contributed by atoms with Gasteiger partial charge in [0.25, 0.3) is 0 Å². The molecule has 0 heterocycles. The third-order valence-corrected chi connectivity index (χ3v) is 4.53. The standard InChI is InChI=1S/C12H17FN2O3S2/c1-20(17,18)7-6-19-5-4-12(16)15-11-8-9(14)2-3-10(11)13/h2-3,8H,4-7,14H2,1H3,(H,15,16). The summed E-state index contributed by atoms with van der Waals surface area (Å²) in [6, 6.07) is 3.95. The molecular weight excluding hydrogens is 303 g/mol. The molecule has 5 nitrogen and oxygen atoms in total. The number of nitrogens with two attached hydrogens (primary N) is 1. The zero-order valence-corrected chi connectivity index (χ0v) is 12.7. The van der Waals surface area contributed by atoms with Crippen LogP contribution in [0.15, 0.2) is 18.2 Å². The number of halogens is 1. The fourth-order valence-corrected chi connectivity index (χ4v) is 3.54. The van der Waals surface area contributed by atoms with Crippen molar-refractivity contribution in [3.05, 3.63) is 24.0 Å². The fourth-order valence-electron chi connectivity index (χ4n) is 1.33. The number of benzene rings is 1. The molecule has 0 atom stereocenters. The van der Waals surface area contributed by atoms with Crippen molar-refractivity contribution in [2.45, 2.75) is 6.42 Å². The number of anilines is 2. The number of amides is 1. The molecule has 0 spiro atoms. The molecule has 0 saturated carbocycles. The first kappa shape index (κ1) is 16.8. The Bertz CT molecular complexity index is 576. The minimum Gasteiger partial charge on any atom is -0.399 e. The van der Waals surface area contributed by atoms with Crippen LogP contribution in [0, 0.1) is 5.82 Å². The van der Waals surface area contributed by atoms with Crippen LogP contribution in [0.2, 0.25) is 0 Å². The highest BCUT2D eigenvalue weighted by molar-refractivity contribution is 8.00. The van der Waals surface area contributed by atoms with Crippen LogP contribution in [-0.2, 0) is 14.6 Å². The lowest BCUT2D eigenvalue weighted by Crippen LogP contribution is -2.14. The van der Waals surface area contributed by atoms with Gasteiger partial charge in [-0.1, -0.05) is 0 Å². The molecule has 0 bridgehead atoms. The van der Waals surface area contributed by atoms with E-state index < -0.39 is 15.7 Å². The van der Waals surface area contributed by atoms with Crippen molar-refractivity contribution in [1.29, 1.82) is 0 Å². The van der Waals surface area contributed by atoms with Gasteiger partial charge in [0.1, 0.15) is 15.7 Å². The zero-order valence-electron chi connectivity index (χ0n) is 11.1. The van der Waals surface area contributed by atoms with E-state index in [-0.39, 0.29) is 23.8 Å². The molecule has 0 aliphatic rings. The number of thioether (sulfide) groups is 1. The van der Waals surface area contributed by atoms with E-state index in [2.05, 4.69) is 5.32 Å². The molecule has 0 aliphatic carbocycles. The Labute approximate surface area is 122 Å². The minimum absolute atomic E-state index is 0.0520. The molecule has 0 aliphatic heterocycles. The molecule has 0 radical (unpaired) electrons. The number of nitrogen functional groups attached to an aromatic ring is 1. The van der Waals surface area contributed by atoms with E-state index in [0.717, 1.165) is 0 Å². The molecule has 112 valence electrons. The first-order valence-electron chi connectivity index (χ1n) is 5.88. The van der Waals surface area contributed by atoms with Crippen LogP contribution in [-0.4, -0.2) is 37.8 Å². The summed E-state index contributed by atoms with van der Waals surface area (Å²) in [5, 5.41) is 2.43. The van der Waals surface area contributed by atoms with Crippen molar-refractivity contribution in [2.75, 3.05) is 34.6 Å². The van der Waals surface area contributed by atoms with Crippen molar-refractivity contribution in [3.8, 4) is 0 Å². The zero-order chi connectivity index (χ0) is 15.2. The van der Waals surface area contributed by atoms with E-state index in [4.69, 9.17) is 5.73 Å². The maximum absolute atomic E-state index is 13.4. The Morgan fingerprint density at radius 2 is 2.10 bits per heavy atom. The summed E-state index contributed by atoms with van der Waals surface area (Å²) >= 11 is 1.37. The van der Waals surface area contributed by atoms with Gasteiger partial charge in [-0.3, -0.25) is 4.79 Å². The predicted molar refractivity (Wildman–Crippen MR) is 81.1 cm³/mol. The van der Waals surface area contributed by atoms with Gasteiger partial charge in [-0.2, -0.15) is 11.8 Å². The van der Waals surface area contributed by atoms with Crippen LogP contribution in [0.4, 0.5) is 15.8 Å². The summed E-state index contributed by atoms with van der Waals surface area (Å²) in [6.07, 6.45) is 1.35. The van der Waals surface area contributed by atoms with Gasteiger partial charge in [-0.05, 0) is 18.2 Å². The van der Waals surface area contributed by atoms with Crippen LogP contribution >= 0.6 is 11.8 Å². The average Bonchev–Trinajstić information content (AvgIpc) is 2.32. The second-order valence-electron chi connectivity index (χ2n) is 4.28. The molecule has 3 N–H and O–H groups in total. The van der Waals surface area contributed by atoms with Crippen LogP contribution in [0.3, 0.4) is 0 Å². The lowest BCUT2D eigenvalue weighted by Gasteiger charge is -2.07. The van der Waals surface area contributed by atoms with Gasteiger partial charge in [0.05, 0.1) is 11.4 Å². The van der Waals surface area contributed by atoms with Crippen molar-refractivity contribution >= 4 is 38.9 Å². The number of nitrogens with one attached hydrogen (secondary N) is 1. The first-order valence-corrected chi connectivity index (χ1v) is 9.10. The molecular formula is C12H17FN2O3S2. The van der Waals surface area contributed by atoms with Gasteiger partial charge in [0.2, 0.25) is 5.91 Å². The van der Waals surface area contributed by atoms with Gasteiger partial charge in [-0.25, -0.2) is 12.8 Å². The third kappa shape index (κ3) is 6.76. The van der Waals surface area contributed by atoms with Crippen LogP contribution in [0.1, 0.15) is 6.42 Å². The Morgan fingerprint density at radius 3 is 2.75 bits per heavy atom. The van der Waals surface area contributed by atoms with E-state index in [1.807, 2.05) is 0 Å². The van der Waals surface area contributed by atoms with E-state index in [9.17, 15) is 17.6 Å². The summed E-state index contributed by atoms with van der Waals surface area (Å²) in [4.78, 5) is 11.6. The summed E-state index contributed by atoms with van der Waals surface area (Å²) in [6.45, 7) is 0. The van der Waals surface area contributed by atoms with E-state index in [1.165, 1.54) is 36.2 Å². The van der Waals surface area contributed by atoms with Crippen molar-refractivity contribution in [2.24, 2.45) is 0 Å². The Balaban J connectivity index is 2.32. The Hall–Kier alpha value is -1.28. The van der Waals surface area contributed by atoms with E-state index in [0.29, 0.717) is 17.2 Å². The summed E-state index contributed by atoms with van der Waals surface area (Å²) in [5.41, 5.74) is 5.92. The maximum Gasteiger partial charge on any atom is 0.225 e. The van der Waals surface area contributed by atoms with Gasteiger partial charge in [0.15, 0.2) is 0 Å². The lowest BCUT2D eigenvalue weighted by atomic mass is 10.2. The van der Waals surface area contributed by atoms with Crippen LogP contribution in [0.5, 0.6) is 0 Å². The van der Waals surface area contributed by atoms with Gasteiger partial charge >= 0.3 is 0 Å². The van der Waals surface area contributed by atoms with Gasteiger partial charge in [-0.15, -0.1) is 0 Å². The normalized spacial score (nSPS) is 11.3. The molecule has 1 aromatic carbocycles. The Morgan fingerprint density at radius 1 is 1.40 bits per heavy atom. The third-order valence-electron chi connectivity index (χ3n) is 2.34. The van der Waals surface area contributed by atoms with Gasteiger partial charge in [0, 0.05) is 29.9 Å². The molecule has 8 heteroatoms. The van der Waals surface area contributed by atoms with Gasteiger partial charge < -0.3 is 11.1 Å². The summed E-state index contributed by atoms with van der Waals surface area (Å²) in [7, 11) is -2.97. The smallest absolute Gasteiger partial charge is 0.225 e. The molecule has 0 saturated heterocycles. The van der Waals surface area contributed by atoms with Crippen LogP contribution < -0.4 is 11.1 Å². The second-order valence-corrected chi connectivity index (χ2v) is 7.76. The number of carbonyl (C=O) groups is 1. The molecule has 0 fully saturated rings. The summed E-state index contributed by atoms with van der Waals surface area (Å²) < 4.78 is 35.1. The highest BCUT2D eigenvalue weighted by Crippen LogP contribution is 2.17. The first-order chi connectivity index (χ1) is 9.28. The molecule has 1 amide bonds. The van der Waals surface area contributed by atoms with Crippen molar-refractivity contribution < 1.29 is 17.6 Å². The quantitative estimate of drug-likeness (QED) is 0.587. The fraction of sp³-hybridized carbons (Fsp3) is 0.417. The SMILES string of the molecule is CS(=O)(=O)CCSCCC(=O)Nc1cc(N)ccc1F.